The summed E-state index contributed by atoms with van der Waals surface area (Å²) >= 11 is 1.76. The minimum atomic E-state index is 0. The van der Waals surface area contributed by atoms with Gasteiger partial charge in [-0.3, -0.25) is 9.89 Å². The average Bonchev–Trinajstić information content (AvgIpc) is 3.15. The number of thiazole rings is 1. The highest BCUT2D eigenvalue weighted by molar-refractivity contribution is 14.0. The SMILES string of the molecule is CCNC(=NCC1(N2CCOCC2)CCCCC1)NCCCc1nc(C)cs1.I. The van der Waals surface area contributed by atoms with Crippen LogP contribution in [0.5, 0.6) is 0 Å². The van der Waals surface area contributed by atoms with E-state index >= 15 is 0 Å². The fraction of sp³-hybridized carbons (Fsp3) is 0.810. The van der Waals surface area contributed by atoms with Gasteiger partial charge in [-0.15, -0.1) is 35.3 Å². The van der Waals surface area contributed by atoms with Gasteiger partial charge in [-0.25, -0.2) is 4.98 Å². The van der Waals surface area contributed by atoms with E-state index in [9.17, 15) is 0 Å². The Morgan fingerprint density at radius 2 is 2.00 bits per heavy atom. The van der Waals surface area contributed by atoms with Crippen molar-refractivity contribution < 1.29 is 4.74 Å². The number of nitrogens with zero attached hydrogens (tertiary/aromatic N) is 3. The molecule has 3 rings (SSSR count). The van der Waals surface area contributed by atoms with Gasteiger partial charge in [-0.1, -0.05) is 19.3 Å². The molecule has 2 heterocycles. The summed E-state index contributed by atoms with van der Waals surface area (Å²) in [5, 5.41) is 10.3. The molecule has 29 heavy (non-hydrogen) atoms. The Hall–Kier alpha value is -0.450. The van der Waals surface area contributed by atoms with Gasteiger partial charge in [0.25, 0.3) is 0 Å². The van der Waals surface area contributed by atoms with E-state index in [0.29, 0.717) is 0 Å². The predicted octanol–water partition coefficient (Wildman–Crippen LogP) is 3.59. The molecule has 1 saturated carbocycles. The molecule has 1 aromatic heterocycles. The zero-order valence-electron chi connectivity index (χ0n) is 18.0. The van der Waals surface area contributed by atoms with Gasteiger partial charge < -0.3 is 15.4 Å². The first-order chi connectivity index (χ1) is 13.7. The van der Waals surface area contributed by atoms with Gasteiger partial charge in [0.2, 0.25) is 0 Å². The molecule has 0 amide bonds. The monoisotopic (exact) mass is 535 g/mol. The molecule has 0 radical (unpaired) electrons. The van der Waals surface area contributed by atoms with Crippen LogP contribution in [0.1, 0.15) is 56.2 Å². The lowest BCUT2D eigenvalue weighted by molar-refractivity contribution is -0.0333. The van der Waals surface area contributed by atoms with Gasteiger partial charge in [0, 0.05) is 49.2 Å². The number of aliphatic imine (C=N–C) groups is 1. The molecule has 6 nitrogen and oxygen atoms in total. The van der Waals surface area contributed by atoms with Crippen LogP contribution in [0.25, 0.3) is 0 Å². The van der Waals surface area contributed by atoms with Crippen molar-refractivity contribution in [1.82, 2.24) is 20.5 Å². The van der Waals surface area contributed by atoms with Crippen molar-refractivity contribution in [3.63, 3.8) is 0 Å². The molecule has 0 atom stereocenters. The molecule has 8 heteroatoms. The molecule has 2 fully saturated rings. The first-order valence-corrected chi connectivity index (χ1v) is 11.9. The van der Waals surface area contributed by atoms with E-state index < -0.39 is 0 Å². The van der Waals surface area contributed by atoms with Gasteiger partial charge in [0.15, 0.2) is 5.96 Å². The van der Waals surface area contributed by atoms with E-state index in [1.54, 1.807) is 11.3 Å². The Balaban J connectivity index is 0.00000300. The molecule has 0 bridgehead atoms. The maximum absolute atomic E-state index is 5.60. The molecule has 2 aliphatic rings. The van der Waals surface area contributed by atoms with Crippen molar-refractivity contribution in [2.24, 2.45) is 4.99 Å². The third-order valence-electron chi connectivity index (χ3n) is 5.87. The van der Waals surface area contributed by atoms with Crippen molar-refractivity contribution in [3.05, 3.63) is 16.1 Å². The standard InChI is InChI=1S/C21H37N5OS.HI/c1-3-22-20(23-11-7-8-19-25-18(2)16-28-19)24-17-21(9-5-4-6-10-21)26-12-14-27-15-13-26;/h16H,3-15,17H2,1-2H3,(H2,22,23,24);1H. The lowest BCUT2D eigenvalue weighted by atomic mass is 9.80. The topological polar surface area (TPSA) is 61.8 Å². The normalized spacial score (nSPS) is 20.1. The Morgan fingerprint density at radius 1 is 1.24 bits per heavy atom. The molecule has 2 N–H and O–H groups in total. The zero-order chi connectivity index (χ0) is 19.7. The number of hydrogen-bond donors (Lipinski definition) is 2. The maximum Gasteiger partial charge on any atom is 0.191 e. The number of halogens is 1. The van der Waals surface area contributed by atoms with Crippen molar-refractivity contribution in [2.75, 3.05) is 45.9 Å². The number of aromatic nitrogens is 1. The first-order valence-electron chi connectivity index (χ1n) is 11.0. The molecule has 0 aromatic carbocycles. The highest BCUT2D eigenvalue weighted by Gasteiger charge is 2.38. The van der Waals surface area contributed by atoms with Crippen molar-refractivity contribution >= 4 is 41.3 Å². The Labute approximate surface area is 197 Å². The Bertz CT molecular complexity index is 612. The summed E-state index contributed by atoms with van der Waals surface area (Å²) in [5.74, 6) is 0.955. The van der Waals surface area contributed by atoms with E-state index in [4.69, 9.17) is 9.73 Å². The molecule has 1 aliphatic carbocycles. The molecule has 1 saturated heterocycles. The van der Waals surface area contributed by atoms with E-state index in [2.05, 4.69) is 39.7 Å². The van der Waals surface area contributed by atoms with E-state index in [0.717, 1.165) is 70.4 Å². The maximum atomic E-state index is 5.60. The van der Waals surface area contributed by atoms with Gasteiger partial charge in [-0.05, 0) is 33.1 Å². The quantitative estimate of drug-likeness (QED) is 0.231. The Kier molecular flexibility index (Phi) is 11.2. The number of nitrogens with one attached hydrogen (secondary N) is 2. The van der Waals surface area contributed by atoms with Crippen LogP contribution in [-0.4, -0.2) is 67.3 Å². The highest BCUT2D eigenvalue weighted by atomic mass is 127. The highest BCUT2D eigenvalue weighted by Crippen LogP contribution is 2.34. The second-order valence-electron chi connectivity index (χ2n) is 7.99. The van der Waals surface area contributed by atoms with Crippen LogP contribution in [0.15, 0.2) is 10.4 Å². The second kappa shape index (κ2) is 13.1. The summed E-state index contributed by atoms with van der Waals surface area (Å²) in [6.45, 7) is 10.7. The fourth-order valence-electron chi connectivity index (χ4n) is 4.35. The lowest BCUT2D eigenvalue weighted by Gasteiger charge is -2.47. The number of ether oxygens (including phenoxy) is 1. The number of hydrogen-bond acceptors (Lipinski definition) is 5. The summed E-state index contributed by atoms with van der Waals surface area (Å²) in [4.78, 5) is 12.2. The van der Waals surface area contributed by atoms with Crippen LogP contribution in [-0.2, 0) is 11.2 Å². The van der Waals surface area contributed by atoms with Crippen molar-refractivity contribution in [2.45, 2.75) is 64.3 Å². The van der Waals surface area contributed by atoms with Crippen LogP contribution >= 0.6 is 35.3 Å². The number of aryl methyl sites for hydroxylation is 2. The van der Waals surface area contributed by atoms with Gasteiger partial charge in [0.05, 0.1) is 24.8 Å². The first kappa shape index (κ1) is 24.8. The second-order valence-corrected chi connectivity index (χ2v) is 8.94. The van der Waals surface area contributed by atoms with Crippen LogP contribution in [0.2, 0.25) is 0 Å². The molecule has 1 aromatic rings. The number of guanidine groups is 1. The number of morpholine rings is 1. The van der Waals surface area contributed by atoms with E-state index in [-0.39, 0.29) is 29.5 Å². The largest absolute Gasteiger partial charge is 0.379 e. The van der Waals surface area contributed by atoms with Crippen LogP contribution in [0, 0.1) is 6.92 Å². The summed E-state index contributed by atoms with van der Waals surface area (Å²) in [6.07, 6.45) is 8.64. The van der Waals surface area contributed by atoms with E-state index in [1.807, 2.05) is 0 Å². The summed E-state index contributed by atoms with van der Waals surface area (Å²) < 4.78 is 5.60. The van der Waals surface area contributed by atoms with Gasteiger partial charge >= 0.3 is 0 Å². The van der Waals surface area contributed by atoms with Crippen LogP contribution in [0.3, 0.4) is 0 Å². The average molecular weight is 536 g/mol. The van der Waals surface area contributed by atoms with Gasteiger partial charge in [-0.2, -0.15) is 0 Å². The summed E-state index contributed by atoms with van der Waals surface area (Å²) in [7, 11) is 0. The molecular weight excluding hydrogens is 497 g/mol. The third kappa shape index (κ3) is 7.63. The van der Waals surface area contributed by atoms with Crippen molar-refractivity contribution in [1.29, 1.82) is 0 Å². The zero-order valence-corrected chi connectivity index (χ0v) is 21.2. The molecule has 0 spiro atoms. The number of rotatable bonds is 8. The fourth-order valence-corrected chi connectivity index (χ4v) is 5.17. The van der Waals surface area contributed by atoms with Crippen molar-refractivity contribution in [3.8, 4) is 0 Å². The van der Waals surface area contributed by atoms with Crippen LogP contribution < -0.4 is 10.6 Å². The smallest absolute Gasteiger partial charge is 0.191 e. The summed E-state index contributed by atoms with van der Waals surface area (Å²) in [5.41, 5.74) is 1.35. The lowest BCUT2D eigenvalue weighted by Crippen LogP contribution is -2.56. The third-order valence-corrected chi connectivity index (χ3v) is 6.89. The molecule has 166 valence electrons. The molecule has 0 unspecified atom stereocenters. The minimum Gasteiger partial charge on any atom is -0.379 e. The van der Waals surface area contributed by atoms with Gasteiger partial charge in [0.1, 0.15) is 0 Å². The minimum absolute atomic E-state index is 0. The predicted molar refractivity (Wildman–Crippen MR) is 133 cm³/mol. The Morgan fingerprint density at radius 3 is 2.66 bits per heavy atom. The van der Waals surface area contributed by atoms with E-state index in [1.165, 1.54) is 37.1 Å². The molecule has 1 aliphatic heterocycles. The molecular formula is C21H38IN5OS. The van der Waals surface area contributed by atoms with Crippen LogP contribution in [0.4, 0.5) is 0 Å². The summed E-state index contributed by atoms with van der Waals surface area (Å²) in [6, 6.07) is 0.